The van der Waals surface area contributed by atoms with Crippen molar-refractivity contribution in [1.82, 2.24) is 5.32 Å². The van der Waals surface area contributed by atoms with Crippen LogP contribution in [0.5, 0.6) is 0 Å². The van der Waals surface area contributed by atoms with Gasteiger partial charge < -0.3 is 5.32 Å². The Morgan fingerprint density at radius 2 is 1.60 bits per heavy atom. The molecule has 0 heterocycles. The third kappa shape index (κ3) is 3.75. The Morgan fingerprint density at radius 3 is 2.20 bits per heavy atom. The van der Waals surface area contributed by atoms with Gasteiger partial charge in [0.2, 0.25) is 5.91 Å². The lowest BCUT2D eigenvalue weighted by Crippen LogP contribution is -2.29. The van der Waals surface area contributed by atoms with Gasteiger partial charge in [-0.3, -0.25) is 4.79 Å². The van der Waals surface area contributed by atoms with Crippen molar-refractivity contribution in [3.05, 3.63) is 70.7 Å². The van der Waals surface area contributed by atoms with E-state index in [-0.39, 0.29) is 11.9 Å². The van der Waals surface area contributed by atoms with Gasteiger partial charge in [-0.2, -0.15) is 0 Å². The zero-order valence-electron chi connectivity index (χ0n) is 11.0. The van der Waals surface area contributed by atoms with E-state index in [9.17, 15) is 4.79 Å². The van der Waals surface area contributed by atoms with E-state index in [0.717, 1.165) is 11.1 Å². The van der Waals surface area contributed by atoms with Gasteiger partial charge in [-0.15, -0.1) is 11.6 Å². The van der Waals surface area contributed by atoms with Crippen LogP contribution < -0.4 is 5.32 Å². The molecule has 2 aromatic carbocycles. The molecule has 1 unspecified atom stereocenters. The molecule has 1 amide bonds. The highest BCUT2D eigenvalue weighted by Gasteiger charge is 2.19. The summed E-state index contributed by atoms with van der Waals surface area (Å²) in [5.41, 5.74) is 1.77. The van der Waals surface area contributed by atoms with Gasteiger partial charge in [0.05, 0.1) is 6.04 Å². The second-order valence-corrected chi connectivity index (χ2v) is 5.43. The molecule has 4 heteroatoms. The maximum Gasteiger partial charge on any atom is 0.243 e. The van der Waals surface area contributed by atoms with Crippen LogP contribution in [0.4, 0.5) is 0 Å². The van der Waals surface area contributed by atoms with Crippen LogP contribution >= 0.6 is 23.2 Å². The Kier molecular flexibility index (Phi) is 5.05. The molecule has 0 spiro atoms. The first-order chi connectivity index (χ1) is 9.58. The fourth-order valence-electron chi connectivity index (χ4n) is 1.89. The third-order valence-electron chi connectivity index (χ3n) is 3.05. The summed E-state index contributed by atoms with van der Waals surface area (Å²) in [6.45, 7) is 1.91. The molecule has 0 saturated heterocycles. The van der Waals surface area contributed by atoms with Crippen molar-refractivity contribution in [2.24, 2.45) is 0 Å². The Hall–Kier alpha value is -1.51. The number of halogens is 2. The molecule has 0 aliphatic rings. The minimum absolute atomic E-state index is 0.121. The largest absolute Gasteiger partial charge is 0.348 e. The molecule has 0 aliphatic carbocycles. The Morgan fingerprint density at radius 1 is 1.00 bits per heavy atom. The molecule has 2 rings (SSSR count). The smallest absolute Gasteiger partial charge is 0.243 e. The maximum absolute atomic E-state index is 12.1. The molecule has 2 atom stereocenters. The fraction of sp³-hybridized carbons (Fsp3) is 0.188. The van der Waals surface area contributed by atoms with Gasteiger partial charge in [0.1, 0.15) is 5.38 Å². The van der Waals surface area contributed by atoms with Crippen LogP contribution in [0.2, 0.25) is 5.02 Å². The Balaban J connectivity index is 2.02. The summed E-state index contributed by atoms with van der Waals surface area (Å²) in [7, 11) is 0. The van der Waals surface area contributed by atoms with Crippen LogP contribution in [0.25, 0.3) is 0 Å². The molecule has 0 aliphatic heterocycles. The van der Waals surface area contributed by atoms with Crippen molar-refractivity contribution in [2.45, 2.75) is 18.3 Å². The first-order valence-electron chi connectivity index (χ1n) is 6.33. The van der Waals surface area contributed by atoms with Crippen molar-refractivity contribution in [1.29, 1.82) is 0 Å². The van der Waals surface area contributed by atoms with E-state index >= 15 is 0 Å². The normalized spacial score (nSPS) is 13.6. The Bertz CT molecular complexity index is 569. The number of carbonyl (C=O) groups is 1. The van der Waals surface area contributed by atoms with Crippen LogP contribution in [0.15, 0.2) is 54.6 Å². The lowest BCUT2D eigenvalue weighted by molar-refractivity contribution is -0.121. The van der Waals surface area contributed by atoms with Gasteiger partial charge in [-0.1, -0.05) is 54.1 Å². The van der Waals surface area contributed by atoms with Crippen LogP contribution in [-0.2, 0) is 4.79 Å². The molecular weight excluding hydrogens is 293 g/mol. The van der Waals surface area contributed by atoms with E-state index in [2.05, 4.69) is 5.32 Å². The first-order valence-corrected chi connectivity index (χ1v) is 7.14. The molecular formula is C16H15Cl2NO. The second-order valence-electron chi connectivity index (χ2n) is 4.56. The van der Waals surface area contributed by atoms with E-state index in [1.807, 2.05) is 49.4 Å². The number of carbonyl (C=O) groups excluding carboxylic acids is 1. The topological polar surface area (TPSA) is 29.1 Å². The molecule has 2 aromatic rings. The van der Waals surface area contributed by atoms with Crippen molar-refractivity contribution >= 4 is 29.1 Å². The standard InChI is InChI=1S/C16H15Cl2NO/c1-11(12-7-9-14(17)10-8-12)19-16(20)15(18)13-5-3-2-4-6-13/h2-11,15H,1H3,(H,19,20)/t11-,15?/m1/s1. The average molecular weight is 308 g/mol. The van der Waals surface area contributed by atoms with Crippen LogP contribution in [-0.4, -0.2) is 5.91 Å². The maximum atomic E-state index is 12.1. The minimum atomic E-state index is -0.689. The summed E-state index contributed by atoms with van der Waals surface area (Å²) in [6, 6.07) is 16.5. The zero-order valence-corrected chi connectivity index (χ0v) is 12.5. The van der Waals surface area contributed by atoms with Crippen molar-refractivity contribution < 1.29 is 4.79 Å². The molecule has 0 fully saturated rings. The van der Waals surface area contributed by atoms with E-state index in [4.69, 9.17) is 23.2 Å². The molecule has 1 N–H and O–H groups in total. The molecule has 104 valence electrons. The van der Waals surface area contributed by atoms with Crippen molar-refractivity contribution in [2.75, 3.05) is 0 Å². The molecule has 0 radical (unpaired) electrons. The number of benzene rings is 2. The predicted molar refractivity (Wildman–Crippen MR) is 83.0 cm³/mol. The van der Waals surface area contributed by atoms with Gasteiger partial charge in [-0.05, 0) is 30.2 Å². The van der Waals surface area contributed by atoms with Crippen LogP contribution in [0.1, 0.15) is 29.5 Å². The lowest BCUT2D eigenvalue weighted by Gasteiger charge is -2.17. The minimum Gasteiger partial charge on any atom is -0.348 e. The van der Waals surface area contributed by atoms with Crippen molar-refractivity contribution in [3.63, 3.8) is 0 Å². The summed E-state index contributed by atoms with van der Waals surface area (Å²) in [5, 5.41) is 2.88. The number of nitrogens with one attached hydrogen (secondary N) is 1. The highest BCUT2D eigenvalue weighted by Crippen LogP contribution is 2.22. The van der Waals surface area contributed by atoms with E-state index < -0.39 is 5.38 Å². The van der Waals surface area contributed by atoms with E-state index in [1.54, 1.807) is 12.1 Å². The molecule has 20 heavy (non-hydrogen) atoms. The van der Waals surface area contributed by atoms with E-state index in [0.29, 0.717) is 5.02 Å². The number of rotatable bonds is 4. The van der Waals surface area contributed by atoms with Gasteiger partial charge in [0.15, 0.2) is 0 Å². The fourth-order valence-corrected chi connectivity index (χ4v) is 2.23. The summed E-state index contributed by atoms with van der Waals surface area (Å²) in [6.07, 6.45) is 0. The predicted octanol–water partition coefficient (Wildman–Crippen LogP) is 4.50. The third-order valence-corrected chi connectivity index (χ3v) is 3.75. The first kappa shape index (κ1) is 14.9. The zero-order chi connectivity index (χ0) is 14.5. The molecule has 2 nitrogen and oxygen atoms in total. The number of amides is 1. The summed E-state index contributed by atoms with van der Waals surface area (Å²) in [5.74, 6) is -0.208. The highest BCUT2D eigenvalue weighted by atomic mass is 35.5. The second kappa shape index (κ2) is 6.78. The molecule has 0 aromatic heterocycles. The average Bonchev–Trinajstić information content (AvgIpc) is 2.48. The van der Waals surface area contributed by atoms with Crippen LogP contribution in [0.3, 0.4) is 0 Å². The molecule has 0 bridgehead atoms. The quantitative estimate of drug-likeness (QED) is 0.828. The van der Waals surface area contributed by atoms with Crippen molar-refractivity contribution in [3.8, 4) is 0 Å². The summed E-state index contributed by atoms with van der Waals surface area (Å²) in [4.78, 5) is 12.1. The van der Waals surface area contributed by atoms with Gasteiger partial charge in [-0.25, -0.2) is 0 Å². The molecule has 0 saturated carbocycles. The van der Waals surface area contributed by atoms with Gasteiger partial charge in [0.25, 0.3) is 0 Å². The SMILES string of the molecule is C[C@@H](NC(=O)C(Cl)c1ccccc1)c1ccc(Cl)cc1. The van der Waals surface area contributed by atoms with E-state index in [1.165, 1.54) is 0 Å². The lowest BCUT2D eigenvalue weighted by atomic mass is 10.1. The highest BCUT2D eigenvalue weighted by molar-refractivity contribution is 6.31. The monoisotopic (exact) mass is 307 g/mol. The Labute approximate surface area is 128 Å². The number of hydrogen-bond donors (Lipinski definition) is 1. The summed E-state index contributed by atoms with van der Waals surface area (Å²) < 4.78 is 0. The summed E-state index contributed by atoms with van der Waals surface area (Å²) >= 11 is 12.0. The van der Waals surface area contributed by atoms with Gasteiger partial charge in [0, 0.05) is 5.02 Å². The number of hydrogen-bond acceptors (Lipinski definition) is 1. The van der Waals surface area contributed by atoms with Gasteiger partial charge >= 0.3 is 0 Å². The number of alkyl halides is 1. The van der Waals surface area contributed by atoms with Crippen LogP contribution in [0, 0.1) is 0 Å².